The van der Waals surface area contributed by atoms with Gasteiger partial charge in [-0.05, 0) is 19.3 Å². The van der Waals surface area contributed by atoms with Crippen LogP contribution in [0.5, 0.6) is 0 Å². The van der Waals surface area contributed by atoms with E-state index in [4.69, 9.17) is 4.74 Å². The average molecular weight is 233 g/mol. The summed E-state index contributed by atoms with van der Waals surface area (Å²) < 4.78 is 7.40. The molecule has 0 unspecified atom stereocenters. The van der Waals surface area contributed by atoms with Crippen molar-refractivity contribution in [2.24, 2.45) is 0 Å². The molecule has 0 amide bonds. The number of ether oxygens (including phenoxy) is 1. The Kier molecular flexibility index (Phi) is 2.44. The van der Waals surface area contributed by atoms with Gasteiger partial charge in [-0.1, -0.05) is 0 Å². The molecule has 2 heterocycles. The second-order valence-electron chi connectivity index (χ2n) is 4.43. The first kappa shape index (κ1) is 10.5. The van der Waals surface area contributed by atoms with Crippen LogP contribution in [0.2, 0.25) is 0 Å². The maximum atomic E-state index is 5.56. The number of hydrogen-bond donors (Lipinski definition) is 1. The Labute approximate surface area is 99.0 Å². The van der Waals surface area contributed by atoms with Crippen LogP contribution in [0.1, 0.15) is 19.3 Å². The molecule has 0 atom stereocenters. The lowest BCUT2D eigenvalue weighted by molar-refractivity contribution is -0.0601. The summed E-state index contributed by atoms with van der Waals surface area (Å²) in [6, 6.07) is 0. The van der Waals surface area contributed by atoms with Crippen molar-refractivity contribution < 1.29 is 4.74 Å². The molecule has 3 rings (SSSR count). The van der Waals surface area contributed by atoms with Gasteiger partial charge in [0, 0.05) is 26.0 Å². The van der Waals surface area contributed by atoms with Gasteiger partial charge in [0.05, 0.1) is 5.60 Å². The molecule has 1 aliphatic carbocycles. The lowest BCUT2D eigenvalue weighted by Gasteiger charge is -2.40. The molecule has 90 valence electrons. The van der Waals surface area contributed by atoms with Crippen LogP contribution in [0, 0.1) is 0 Å². The third kappa shape index (κ3) is 1.74. The lowest BCUT2D eigenvalue weighted by Crippen LogP contribution is -2.45. The highest BCUT2D eigenvalue weighted by atomic mass is 16.5. The number of hydrogen-bond acceptors (Lipinski definition) is 5. The van der Waals surface area contributed by atoms with E-state index in [1.807, 2.05) is 10.6 Å². The minimum absolute atomic E-state index is 0.0193. The van der Waals surface area contributed by atoms with E-state index >= 15 is 0 Å². The van der Waals surface area contributed by atoms with E-state index in [1.54, 1.807) is 19.6 Å². The largest absolute Gasteiger partial charge is 0.376 e. The van der Waals surface area contributed by atoms with E-state index in [0.717, 1.165) is 30.9 Å². The summed E-state index contributed by atoms with van der Waals surface area (Å²) in [5, 5.41) is 11.2. The molecule has 6 nitrogen and oxygen atoms in total. The van der Waals surface area contributed by atoms with E-state index in [1.165, 1.54) is 6.42 Å². The number of nitrogens with one attached hydrogen (secondary N) is 1. The Morgan fingerprint density at radius 2 is 2.41 bits per heavy atom. The minimum Gasteiger partial charge on any atom is -0.376 e. The van der Waals surface area contributed by atoms with Crippen molar-refractivity contribution in [2.75, 3.05) is 19.0 Å². The van der Waals surface area contributed by atoms with Crippen molar-refractivity contribution in [3.05, 3.63) is 18.7 Å². The molecule has 6 heteroatoms. The Morgan fingerprint density at radius 3 is 3.12 bits per heavy atom. The quantitative estimate of drug-likeness (QED) is 0.856. The molecule has 0 saturated heterocycles. The summed E-state index contributed by atoms with van der Waals surface area (Å²) in [6.07, 6.45) is 8.67. The molecule has 1 aliphatic rings. The molecule has 0 spiro atoms. The van der Waals surface area contributed by atoms with Crippen molar-refractivity contribution in [3.63, 3.8) is 0 Å². The van der Waals surface area contributed by atoms with E-state index in [2.05, 4.69) is 20.5 Å². The molecular formula is C11H15N5O. The number of methoxy groups -OCH3 is 1. The van der Waals surface area contributed by atoms with E-state index in [9.17, 15) is 0 Å². The predicted molar refractivity (Wildman–Crippen MR) is 62.9 cm³/mol. The standard InChI is InChI=1S/C11H15N5O/c1-17-11(3-2-4-11)7-13-9-10-15-14-8-16(10)6-5-12-9/h5-6,8H,2-4,7H2,1H3,(H,12,13). The molecule has 0 aliphatic heterocycles. The Hall–Kier alpha value is -1.69. The summed E-state index contributed by atoms with van der Waals surface area (Å²) in [5.41, 5.74) is 0.729. The SMILES string of the molecule is COC1(CNc2nccn3cnnc23)CCC1. The number of anilines is 1. The van der Waals surface area contributed by atoms with E-state index < -0.39 is 0 Å². The van der Waals surface area contributed by atoms with Crippen molar-refractivity contribution in [2.45, 2.75) is 24.9 Å². The Bertz CT molecular complexity index is 514. The van der Waals surface area contributed by atoms with Crippen molar-refractivity contribution >= 4 is 11.5 Å². The van der Waals surface area contributed by atoms with Crippen molar-refractivity contribution in [3.8, 4) is 0 Å². The fraction of sp³-hybridized carbons (Fsp3) is 0.545. The molecule has 17 heavy (non-hydrogen) atoms. The summed E-state index contributed by atoms with van der Waals surface area (Å²) in [5.74, 6) is 0.758. The van der Waals surface area contributed by atoms with Gasteiger partial charge in [-0.15, -0.1) is 10.2 Å². The minimum atomic E-state index is -0.0193. The molecule has 0 aromatic carbocycles. The molecule has 1 fully saturated rings. The van der Waals surface area contributed by atoms with Gasteiger partial charge in [0.15, 0.2) is 5.82 Å². The highest BCUT2D eigenvalue weighted by Gasteiger charge is 2.36. The zero-order valence-electron chi connectivity index (χ0n) is 9.76. The van der Waals surface area contributed by atoms with Crippen LogP contribution < -0.4 is 5.32 Å². The number of fused-ring (bicyclic) bond motifs is 1. The molecule has 1 N–H and O–H groups in total. The highest BCUT2D eigenvalue weighted by Crippen LogP contribution is 2.35. The second kappa shape index (κ2) is 3.96. The number of nitrogens with zero attached hydrogens (tertiary/aromatic N) is 4. The Morgan fingerprint density at radius 1 is 1.53 bits per heavy atom. The summed E-state index contributed by atoms with van der Waals surface area (Å²) in [6.45, 7) is 0.767. The molecule has 2 aromatic heterocycles. The summed E-state index contributed by atoms with van der Waals surface area (Å²) in [4.78, 5) is 4.28. The number of aromatic nitrogens is 4. The first-order valence-electron chi connectivity index (χ1n) is 5.76. The van der Waals surface area contributed by atoms with Crippen LogP contribution in [-0.2, 0) is 4.74 Å². The Balaban J connectivity index is 1.78. The molecule has 2 aromatic rings. The third-order valence-corrected chi connectivity index (χ3v) is 3.49. The first-order valence-corrected chi connectivity index (χ1v) is 5.76. The fourth-order valence-electron chi connectivity index (χ4n) is 2.15. The van der Waals surface area contributed by atoms with Crippen LogP contribution in [0.25, 0.3) is 5.65 Å². The number of rotatable bonds is 4. The van der Waals surface area contributed by atoms with Gasteiger partial charge in [0.1, 0.15) is 6.33 Å². The van der Waals surface area contributed by atoms with Crippen LogP contribution in [0.15, 0.2) is 18.7 Å². The second-order valence-corrected chi connectivity index (χ2v) is 4.43. The maximum absolute atomic E-state index is 5.56. The molecular weight excluding hydrogens is 218 g/mol. The van der Waals surface area contributed by atoms with Gasteiger partial charge < -0.3 is 10.1 Å². The van der Waals surface area contributed by atoms with E-state index in [-0.39, 0.29) is 5.60 Å². The van der Waals surface area contributed by atoms with Crippen molar-refractivity contribution in [1.82, 2.24) is 19.6 Å². The normalized spacial score (nSPS) is 17.9. The molecule has 0 bridgehead atoms. The van der Waals surface area contributed by atoms with Gasteiger partial charge in [0.25, 0.3) is 0 Å². The monoisotopic (exact) mass is 233 g/mol. The maximum Gasteiger partial charge on any atom is 0.203 e. The topological polar surface area (TPSA) is 64.3 Å². The summed E-state index contributed by atoms with van der Waals surface area (Å²) in [7, 11) is 1.77. The van der Waals surface area contributed by atoms with Crippen LogP contribution in [0.3, 0.4) is 0 Å². The first-order chi connectivity index (χ1) is 8.33. The van der Waals surface area contributed by atoms with Gasteiger partial charge in [0.2, 0.25) is 5.65 Å². The van der Waals surface area contributed by atoms with Gasteiger partial charge in [-0.3, -0.25) is 4.40 Å². The zero-order chi connectivity index (χ0) is 11.7. The van der Waals surface area contributed by atoms with Gasteiger partial charge in [-0.25, -0.2) is 4.98 Å². The zero-order valence-corrected chi connectivity index (χ0v) is 9.76. The smallest absolute Gasteiger partial charge is 0.203 e. The van der Waals surface area contributed by atoms with E-state index in [0.29, 0.717) is 0 Å². The predicted octanol–water partition coefficient (Wildman–Crippen LogP) is 1.11. The summed E-state index contributed by atoms with van der Waals surface area (Å²) >= 11 is 0. The van der Waals surface area contributed by atoms with Crippen LogP contribution in [-0.4, -0.2) is 38.8 Å². The highest BCUT2D eigenvalue weighted by molar-refractivity contribution is 5.61. The molecule has 0 radical (unpaired) electrons. The third-order valence-electron chi connectivity index (χ3n) is 3.49. The fourth-order valence-corrected chi connectivity index (χ4v) is 2.15. The van der Waals surface area contributed by atoms with Crippen LogP contribution in [0.4, 0.5) is 5.82 Å². The average Bonchev–Trinajstić information content (AvgIpc) is 2.77. The molecule has 1 saturated carbocycles. The lowest BCUT2D eigenvalue weighted by atomic mass is 9.80. The van der Waals surface area contributed by atoms with Gasteiger partial charge >= 0.3 is 0 Å². The van der Waals surface area contributed by atoms with Gasteiger partial charge in [-0.2, -0.15) is 0 Å². The van der Waals surface area contributed by atoms with Crippen molar-refractivity contribution in [1.29, 1.82) is 0 Å². The van der Waals surface area contributed by atoms with Crippen LogP contribution >= 0.6 is 0 Å².